The molecule has 2 rings (SSSR count). The number of H-pyrrole nitrogens is 1. The fraction of sp³-hybridized carbons (Fsp3) is 0.643. The van der Waals surface area contributed by atoms with Crippen molar-refractivity contribution in [2.75, 3.05) is 6.61 Å². The molecule has 1 fully saturated rings. The van der Waals surface area contributed by atoms with Crippen molar-refractivity contribution in [3.8, 4) is 0 Å². The average Bonchev–Trinajstić information content (AvgIpc) is 2.32. The average molecular weight is 279 g/mol. The van der Waals surface area contributed by atoms with Crippen LogP contribution in [0.25, 0.3) is 0 Å². The van der Waals surface area contributed by atoms with Crippen LogP contribution >= 0.6 is 0 Å². The second-order valence-electron chi connectivity index (χ2n) is 5.81. The number of hydrogen-bond acceptors (Lipinski definition) is 4. The maximum Gasteiger partial charge on any atom is 0.264 e. The highest BCUT2D eigenvalue weighted by molar-refractivity contribution is 5.95. The van der Waals surface area contributed by atoms with Gasteiger partial charge in [0.1, 0.15) is 11.4 Å². The Labute approximate surface area is 117 Å². The maximum atomic E-state index is 12.3. The monoisotopic (exact) mass is 279 g/mol. The minimum absolute atomic E-state index is 0.0362. The predicted octanol–water partition coefficient (Wildman–Crippen LogP) is 0.847. The Kier molecular flexibility index (Phi) is 3.94. The summed E-state index contributed by atoms with van der Waals surface area (Å²) in [5, 5.41) is 12.1. The highest BCUT2D eigenvalue weighted by atomic mass is 16.3. The van der Waals surface area contributed by atoms with Gasteiger partial charge in [0, 0.05) is 5.92 Å². The van der Waals surface area contributed by atoms with Gasteiger partial charge in [-0.05, 0) is 26.2 Å². The van der Waals surface area contributed by atoms with E-state index in [1.165, 1.54) is 0 Å². The Bertz CT molecular complexity index is 568. The minimum atomic E-state index is -0.563. The van der Waals surface area contributed by atoms with Crippen molar-refractivity contribution in [3.05, 3.63) is 27.4 Å². The molecule has 20 heavy (non-hydrogen) atoms. The number of aliphatic hydroxyl groups is 1. The molecule has 0 aliphatic heterocycles. The molecular weight excluding hydrogens is 258 g/mol. The lowest BCUT2D eigenvalue weighted by Gasteiger charge is -2.40. The van der Waals surface area contributed by atoms with Gasteiger partial charge in [0.05, 0.1) is 17.8 Å². The summed E-state index contributed by atoms with van der Waals surface area (Å²) in [4.78, 5) is 31.2. The van der Waals surface area contributed by atoms with E-state index < -0.39 is 17.0 Å². The van der Waals surface area contributed by atoms with Crippen molar-refractivity contribution in [3.63, 3.8) is 0 Å². The SMILES string of the molecule is Cc1nc(C(C)C)[nH]c(=O)c1C(=O)NC1(CO)CCC1. The van der Waals surface area contributed by atoms with Gasteiger partial charge in [0.25, 0.3) is 11.5 Å². The fourth-order valence-corrected chi connectivity index (χ4v) is 2.38. The first-order chi connectivity index (χ1) is 9.38. The van der Waals surface area contributed by atoms with Crippen molar-refractivity contribution >= 4 is 5.91 Å². The second-order valence-corrected chi connectivity index (χ2v) is 5.81. The van der Waals surface area contributed by atoms with E-state index >= 15 is 0 Å². The molecule has 6 nitrogen and oxygen atoms in total. The van der Waals surface area contributed by atoms with Crippen LogP contribution in [0.2, 0.25) is 0 Å². The normalized spacial score (nSPS) is 16.9. The summed E-state index contributed by atoms with van der Waals surface area (Å²) in [7, 11) is 0. The van der Waals surface area contributed by atoms with Crippen LogP contribution in [0.1, 0.15) is 60.9 Å². The van der Waals surface area contributed by atoms with E-state index in [1.54, 1.807) is 6.92 Å². The molecular formula is C14H21N3O3. The molecule has 1 aromatic heterocycles. The highest BCUT2D eigenvalue weighted by Gasteiger charge is 2.38. The molecule has 0 bridgehead atoms. The van der Waals surface area contributed by atoms with Crippen LogP contribution in [0, 0.1) is 6.92 Å². The van der Waals surface area contributed by atoms with E-state index in [1.807, 2.05) is 13.8 Å². The third-order valence-corrected chi connectivity index (χ3v) is 3.88. The Balaban J connectivity index is 2.29. The van der Waals surface area contributed by atoms with Gasteiger partial charge < -0.3 is 15.4 Å². The fourth-order valence-electron chi connectivity index (χ4n) is 2.38. The van der Waals surface area contributed by atoms with Crippen LogP contribution < -0.4 is 10.9 Å². The van der Waals surface area contributed by atoms with Gasteiger partial charge in [-0.2, -0.15) is 0 Å². The molecule has 1 aliphatic carbocycles. The van der Waals surface area contributed by atoms with Gasteiger partial charge in [-0.3, -0.25) is 9.59 Å². The molecule has 0 radical (unpaired) electrons. The summed E-state index contributed by atoms with van der Waals surface area (Å²) >= 11 is 0. The van der Waals surface area contributed by atoms with Crippen molar-refractivity contribution in [1.29, 1.82) is 0 Å². The van der Waals surface area contributed by atoms with Crippen molar-refractivity contribution in [2.24, 2.45) is 0 Å². The zero-order valence-corrected chi connectivity index (χ0v) is 12.1. The molecule has 3 N–H and O–H groups in total. The summed E-state index contributed by atoms with van der Waals surface area (Å²) in [6.45, 7) is 5.40. The van der Waals surface area contributed by atoms with Gasteiger partial charge in [-0.15, -0.1) is 0 Å². The van der Waals surface area contributed by atoms with E-state index in [-0.39, 0.29) is 18.1 Å². The van der Waals surface area contributed by atoms with Gasteiger partial charge in [0.2, 0.25) is 0 Å². The zero-order chi connectivity index (χ0) is 14.9. The Morgan fingerprint density at radius 3 is 2.55 bits per heavy atom. The topological polar surface area (TPSA) is 95.1 Å². The summed E-state index contributed by atoms with van der Waals surface area (Å²) in [5.41, 5.74) is -0.533. The molecule has 1 aromatic rings. The third kappa shape index (κ3) is 2.60. The first-order valence-corrected chi connectivity index (χ1v) is 6.93. The van der Waals surface area contributed by atoms with Crippen LogP contribution in [0.4, 0.5) is 0 Å². The molecule has 1 aliphatic rings. The number of aliphatic hydroxyl groups excluding tert-OH is 1. The molecule has 6 heteroatoms. The lowest BCUT2D eigenvalue weighted by molar-refractivity contribution is 0.0639. The molecule has 1 saturated carbocycles. The first-order valence-electron chi connectivity index (χ1n) is 6.93. The Morgan fingerprint density at radius 2 is 2.15 bits per heavy atom. The highest BCUT2D eigenvalue weighted by Crippen LogP contribution is 2.31. The number of rotatable bonds is 4. The Hall–Kier alpha value is -1.69. The van der Waals surface area contributed by atoms with Crippen molar-refractivity contribution in [1.82, 2.24) is 15.3 Å². The summed E-state index contributed by atoms with van der Waals surface area (Å²) < 4.78 is 0. The molecule has 0 spiro atoms. The third-order valence-electron chi connectivity index (χ3n) is 3.88. The molecule has 0 atom stereocenters. The largest absolute Gasteiger partial charge is 0.394 e. The first kappa shape index (κ1) is 14.7. The standard InChI is InChI=1S/C14H21N3O3/c1-8(2)11-15-9(3)10(12(19)16-11)13(20)17-14(7-18)5-4-6-14/h8,18H,4-7H2,1-3H3,(H,17,20)(H,15,16,19). The summed E-state index contributed by atoms with van der Waals surface area (Å²) in [6, 6.07) is 0. The summed E-state index contributed by atoms with van der Waals surface area (Å²) in [6.07, 6.45) is 2.45. The molecule has 0 aromatic carbocycles. The quantitative estimate of drug-likeness (QED) is 0.761. The van der Waals surface area contributed by atoms with E-state index in [0.29, 0.717) is 11.5 Å². The lowest BCUT2D eigenvalue weighted by Crippen LogP contribution is -2.57. The van der Waals surface area contributed by atoms with E-state index in [4.69, 9.17) is 0 Å². The number of hydrogen-bond donors (Lipinski definition) is 3. The molecule has 0 saturated heterocycles. The van der Waals surface area contributed by atoms with Crippen molar-refractivity contribution in [2.45, 2.75) is 51.5 Å². The molecule has 1 amide bonds. The van der Waals surface area contributed by atoms with E-state index in [2.05, 4.69) is 15.3 Å². The summed E-state index contributed by atoms with van der Waals surface area (Å²) in [5.74, 6) is 0.207. The Morgan fingerprint density at radius 1 is 1.50 bits per heavy atom. The molecule has 1 heterocycles. The zero-order valence-electron chi connectivity index (χ0n) is 12.1. The van der Waals surface area contributed by atoms with E-state index in [0.717, 1.165) is 19.3 Å². The number of amides is 1. The van der Waals surface area contributed by atoms with Crippen LogP contribution in [0.15, 0.2) is 4.79 Å². The van der Waals surface area contributed by atoms with Crippen LogP contribution in [-0.2, 0) is 0 Å². The number of nitrogens with one attached hydrogen (secondary N) is 2. The minimum Gasteiger partial charge on any atom is -0.394 e. The van der Waals surface area contributed by atoms with Crippen LogP contribution in [-0.4, -0.2) is 33.1 Å². The van der Waals surface area contributed by atoms with Gasteiger partial charge in [0.15, 0.2) is 0 Å². The number of nitrogens with zero attached hydrogens (tertiary/aromatic N) is 1. The van der Waals surface area contributed by atoms with Gasteiger partial charge >= 0.3 is 0 Å². The molecule has 110 valence electrons. The maximum absolute atomic E-state index is 12.3. The van der Waals surface area contributed by atoms with Crippen LogP contribution in [0.3, 0.4) is 0 Å². The predicted molar refractivity (Wildman–Crippen MR) is 74.8 cm³/mol. The second kappa shape index (κ2) is 5.36. The van der Waals surface area contributed by atoms with Gasteiger partial charge in [-0.25, -0.2) is 4.98 Å². The smallest absolute Gasteiger partial charge is 0.264 e. The number of aromatic nitrogens is 2. The van der Waals surface area contributed by atoms with Crippen LogP contribution in [0.5, 0.6) is 0 Å². The van der Waals surface area contributed by atoms with Gasteiger partial charge in [-0.1, -0.05) is 13.8 Å². The number of aromatic amines is 1. The van der Waals surface area contributed by atoms with E-state index in [9.17, 15) is 14.7 Å². The van der Waals surface area contributed by atoms with Crippen molar-refractivity contribution < 1.29 is 9.90 Å². The lowest BCUT2D eigenvalue weighted by atomic mass is 9.77. The number of carbonyl (C=O) groups is 1. The molecule has 0 unspecified atom stereocenters. The number of carbonyl (C=O) groups excluding carboxylic acids is 1. The number of aryl methyl sites for hydroxylation is 1.